The number of carbonyl (C=O) groups is 1. The van der Waals surface area contributed by atoms with Gasteiger partial charge in [0.25, 0.3) is 0 Å². The molecule has 0 unspecified atom stereocenters. The molecule has 1 aliphatic heterocycles. The first-order valence-corrected chi connectivity index (χ1v) is 17.4. The molecule has 36 heavy (non-hydrogen) atoms. The Morgan fingerprint density at radius 3 is 2.28 bits per heavy atom. The molecule has 0 N–H and O–H groups in total. The standard InChI is InChI=1S/C28H47NO4S2Si/c1-11-24(32-17-21-12-14-22(31-8)15-13-21)20(4)25(33-36(9,10)28(5,6)7)16-26(30)29-23(19(2)3)18-35-27(29)34/h12-15,19-20,23-25H,11,16-18H2,1-10H3/t20-,23+,24-,25+/m1/s1. The molecule has 1 aliphatic rings. The number of nitrogens with zero attached hydrogens (tertiary/aromatic N) is 1. The van der Waals surface area contributed by atoms with E-state index in [1.54, 1.807) is 18.9 Å². The highest BCUT2D eigenvalue weighted by Crippen LogP contribution is 2.40. The van der Waals surface area contributed by atoms with Crippen LogP contribution >= 0.6 is 24.0 Å². The summed E-state index contributed by atoms with van der Waals surface area (Å²) in [5.41, 5.74) is 1.10. The molecule has 0 saturated carbocycles. The SMILES string of the molecule is CC[C@@H](OCc1ccc(OC)cc1)[C@@H](C)[C@H](CC(=O)N1C(=S)SC[C@H]1C(C)C)O[Si](C)(C)C(C)(C)C. The number of amides is 1. The van der Waals surface area contributed by atoms with E-state index in [0.29, 0.717) is 23.3 Å². The molecule has 204 valence electrons. The summed E-state index contributed by atoms with van der Waals surface area (Å²) in [6.45, 7) is 20.4. The van der Waals surface area contributed by atoms with E-state index < -0.39 is 8.32 Å². The molecule has 1 fully saturated rings. The van der Waals surface area contributed by atoms with E-state index in [1.807, 2.05) is 29.2 Å². The van der Waals surface area contributed by atoms with Crippen molar-refractivity contribution in [2.45, 2.75) is 104 Å². The minimum atomic E-state index is -2.13. The van der Waals surface area contributed by atoms with E-state index in [0.717, 1.165) is 23.5 Å². The molecule has 1 heterocycles. The average molecular weight is 554 g/mol. The van der Waals surface area contributed by atoms with E-state index in [1.165, 1.54) is 0 Å². The third-order valence-electron chi connectivity index (χ3n) is 7.77. The quantitative estimate of drug-likeness (QED) is 0.200. The van der Waals surface area contributed by atoms with Crippen molar-refractivity contribution in [2.75, 3.05) is 12.9 Å². The van der Waals surface area contributed by atoms with Gasteiger partial charge in [-0.2, -0.15) is 0 Å². The van der Waals surface area contributed by atoms with Crippen LogP contribution in [0.5, 0.6) is 5.75 Å². The molecular weight excluding hydrogens is 507 g/mol. The predicted octanol–water partition coefficient (Wildman–Crippen LogP) is 7.29. The first-order chi connectivity index (χ1) is 16.7. The van der Waals surface area contributed by atoms with Gasteiger partial charge in [0.2, 0.25) is 5.91 Å². The monoisotopic (exact) mass is 553 g/mol. The number of rotatable bonds is 12. The van der Waals surface area contributed by atoms with Crippen LogP contribution in [0.2, 0.25) is 18.1 Å². The summed E-state index contributed by atoms with van der Waals surface area (Å²) in [5, 5.41) is 0.0406. The smallest absolute Gasteiger partial charge is 0.230 e. The zero-order chi connectivity index (χ0) is 27.3. The second-order valence-electron chi connectivity index (χ2n) is 11.7. The highest BCUT2D eigenvalue weighted by Gasteiger charge is 2.43. The Morgan fingerprint density at radius 1 is 1.17 bits per heavy atom. The van der Waals surface area contributed by atoms with Crippen molar-refractivity contribution in [3.63, 3.8) is 0 Å². The number of benzene rings is 1. The van der Waals surface area contributed by atoms with Crippen LogP contribution < -0.4 is 4.74 Å². The van der Waals surface area contributed by atoms with E-state index >= 15 is 0 Å². The minimum Gasteiger partial charge on any atom is -0.497 e. The molecule has 1 aromatic carbocycles. The normalized spacial score (nSPS) is 19.5. The first-order valence-electron chi connectivity index (χ1n) is 13.1. The lowest BCUT2D eigenvalue weighted by Crippen LogP contribution is -2.50. The summed E-state index contributed by atoms with van der Waals surface area (Å²) >= 11 is 7.20. The predicted molar refractivity (Wildman–Crippen MR) is 158 cm³/mol. The topological polar surface area (TPSA) is 48.0 Å². The van der Waals surface area contributed by atoms with Gasteiger partial charge in [0, 0.05) is 17.7 Å². The molecule has 5 nitrogen and oxygen atoms in total. The molecule has 1 amide bonds. The molecule has 1 aromatic rings. The van der Waals surface area contributed by atoms with Crippen molar-refractivity contribution >= 4 is 42.5 Å². The van der Waals surface area contributed by atoms with Crippen LogP contribution in [0.4, 0.5) is 0 Å². The molecule has 2 rings (SSSR count). The maximum absolute atomic E-state index is 13.7. The number of hydrogen-bond acceptors (Lipinski definition) is 6. The first kappa shape index (κ1) is 31.3. The van der Waals surface area contributed by atoms with Crippen LogP contribution in [-0.4, -0.2) is 54.6 Å². The number of methoxy groups -OCH3 is 1. The van der Waals surface area contributed by atoms with Gasteiger partial charge in [0.15, 0.2) is 8.32 Å². The summed E-state index contributed by atoms with van der Waals surface area (Å²) in [6.07, 6.45) is 0.894. The molecule has 0 spiro atoms. The summed E-state index contributed by atoms with van der Waals surface area (Å²) in [5.74, 6) is 2.18. The molecule has 4 atom stereocenters. The molecule has 0 radical (unpaired) electrons. The summed E-state index contributed by atoms with van der Waals surface area (Å²) in [4.78, 5) is 15.5. The fourth-order valence-corrected chi connectivity index (χ4v) is 7.25. The summed E-state index contributed by atoms with van der Waals surface area (Å²) in [7, 11) is -0.460. The Kier molecular flexibility index (Phi) is 11.5. The van der Waals surface area contributed by atoms with Crippen molar-refractivity contribution in [2.24, 2.45) is 11.8 Å². The van der Waals surface area contributed by atoms with Gasteiger partial charge in [0.05, 0.1) is 32.3 Å². The van der Waals surface area contributed by atoms with Crippen LogP contribution in [0.3, 0.4) is 0 Å². The number of thiocarbonyl (C=S) groups is 1. The second-order valence-corrected chi connectivity index (χ2v) is 18.1. The number of thioether (sulfide) groups is 1. The largest absolute Gasteiger partial charge is 0.497 e. The van der Waals surface area contributed by atoms with Gasteiger partial charge in [-0.3, -0.25) is 9.69 Å². The van der Waals surface area contributed by atoms with E-state index in [4.69, 9.17) is 26.1 Å². The van der Waals surface area contributed by atoms with E-state index in [9.17, 15) is 4.79 Å². The third kappa shape index (κ3) is 8.03. The highest BCUT2D eigenvalue weighted by atomic mass is 32.2. The Bertz CT molecular complexity index is 869. The summed E-state index contributed by atoms with van der Waals surface area (Å²) in [6, 6.07) is 8.11. The second kappa shape index (κ2) is 13.2. The fraction of sp³-hybridized carbons (Fsp3) is 0.714. The van der Waals surface area contributed by atoms with Gasteiger partial charge in [-0.15, -0.1) is 0 Å². The van der Waals surface area contributed by atoms with Crippen LogP contribution in [0.25, 0.3) is 0 Å². The average Bonchev–Trinajstić information content (AvgIpc) is 3.20. The van der Waals surface area contributed by atoms with Gasteiger partial charge in [0.1, 0.15) is 10.1 Å². The van der Waals surface area contributed by atoms with Crippen molar-refractivity contribution in [1.29, 1.82) is 0 Å². The number of carbonyl (C=O) groups excluding carboxylic acids is 1. The molecule has 8 heteroatoms. The lowest BCUT2D eigenvalue weighted by molar-refractivity contribution is -0.132. The molecule has 0 aliphatic carbocycles. The van der Waals surface area contributed by atoms with E-state index in [2.05, 4.69) is 61.6 Å². The Morgan fingerprint density at radius 2 is 1.78 bits per heavy atom. The lowest BCUT2D eigenvalue weighted by atomic mass is 9.93. The maximum Gasteiger partial charge on any atom is 0.230 e. The summed E-state index contributed by atoms with van der Waals surface area (Å²) < 4.78 is 19.3. The van der Waals surface area contributed by atoms with Gasteiger partial charge >= 0.3 is 0 Å². The van der Waals surface area contributed by atoms with Gasteiger partial charge in [-0.1, -0.05) is 84.6 Å². The molecule has 1 saturated heterocycles. The van der Waals surface area contributed by atoms with Gasteiger partial charge in [-0.05, 0) is 48.2 Å². The Balaban J connectivity index is 2.24. The van der Waals surface area contributed by atoms with Crippen molar-refractivity contribution in [3.8, 4) is 5.75 Å². The van der Waals surface area contributed by atoms with Crippen molar-refractivity contribution < 1.29 is 18.7 Å². The molecule has 0 bridgehead atoms. The Hall–Kier alpha value is -0.933. The van der Waals surface area contributed by atoms with Gasteiger partial charge in [-0.25, -0.2) is 0 Å². The van der Waals surface area contributed by atoms with Crippen molar-refractivity contribution in [1.82, 2.24) is 4.90 Å². The number of hydrogen-bond donors (Lipinski definition) is 0. The lowest BCUT2D eigenvalue weighted by Gasteiger charge is -2.42. The van der Waals surface area contributed by atoms with Gasteiger partial charge < -0.3 is 13.9 Å². The molecular formula is C28H47NO4S2Si. The van der Waals surface area contributed by atoms with Crippen molar-refractivity contribution in [3.05, 3.63) is 29.8 Å². The van der Waals surface area contributed by atoms with Crippen LogP contribution in [0, 0.1) is 11.8 Å². The van der Waals surface area contributed by atoms with Crippen LogP contribution in [-0.2, 0) is 20.6 Å². The number of ether oxygens (including phenoxy) is 2. The van der Waals surface area contributed by atoms with E-state index in [-0.39, 0.29) is 35.1 Å². The zero-order valence-electron chi connectivity index (χ0n) is 23.9. The Labute approximate surface area is 230 Å². The molecule has 0 aromatic heterocycles. The van der Waals surface area contributed by atoms with Crippen LogP contribution in [0.1, 0.15) is 66.9 Å². The van der Waals surface area contributed by atoms with Crippen LogP contribution in [0.15, 0.2) is 24.3 Å². The minimum absolute atomic E-state index is 0.0320. The fourth-order valence-electron chi connectivity index (χ4n) is 4.18. The maximum atomic E-state index is 13.7. The highest BCUT2D eigenvalue weighted by molar-refractivity contribution is 8.23. The zero-order valence-corrected chi connectivity index (χ0v) is 26.6. The third-order valence-corrected chi connectivity index (χ3v) is 13.8.